The van der Waals surface area contributed by atoms with E-state index in [1.807, 2.05) is 38.1 Å². The summed E-state index contributed by atoms with van der Waals surface area (Å²) in [6.07, 6.45) is 2.57. The zero-order valence-corrected chi connectivity index (χ0v) is 16.5. The van der Waals surface area contributed by atoms with Crippen molar-refractivity contribution in [2.75, 3.05) is 5.32 Å². The minimum absolute atomic E-state index is 0.177. The molecule has 0 bridgehead atoms. The van der Waals surface area contributed by atoms with Crippen LogP contribution >= 0.6 is 15.9 Å². The maximum atomic E-state index is 13.0. The first-order chi connectivity index (χ1) is 12.4. The van der Waals surface area contributed by atoms with Crippen molar-refractivity contribution in [3.8, 4) is 0 Å². The van der Waals surface area contributed by atoms with E-state index in [0.717, 1.165) is 38.8 Å². The Hall–Kier alpha value is -2.40. The number of halogens is 1. The van der Waals surface area contributed by atoms with E-state index >= 15 is 0 Å². The molecule has 3 aromatic rings. The minimum Gasteiger partial charge on any atom is -0.343 e. The van der Waals surface area contributed by atoms with Crippen molar-refractivity contribution in [3.63, 3.8) is 0 Å². The Balaban J connectivity index is 1.86. The summed E-state index contributed by atoms with van der Waals surface area (Å²) in [5.74, 6) is -0.366. The van der Waals surface area contributed by atoms with Gasteiger partial charge in [0.25, 0.3) is 5.91 Å². The molecule has 1 aliphatic heterocycles. The van der Waals surface area contributed by atoms with Crippen molar-refractivity contribution in [2.45, 2.75) is 33.2 Å². The van der Waals surface area contributed by atoms with Gasteiger partial charge in [-0.2, -0.15) is 0 Å². The molecule has 132 valence electrons. The average molecular weight is 411 g/mol. The number of rotatable bonds is 2. The third kappa shape index (κ3) is 2.58. The van der Waals surface area contributed by atoms with Crippen LogP contribution in [0.15, 0.2) is 45.8 Å². The van der Waals surface area contributed by atoms with Gasteiger partial charge in [0.2, 0.25) is 5.43 Å². The van der Waals surface area contributed by atoms with Crippen LogP contribution in [0.1, 0.15) is 40.0 Å². The second-order valence-electron chi connectivity index (χ2n) is 6.99. The summed E-state index contributed by atoms with van der Waals surface area (Å²) < 4.78 is 2.92. The predicted molar refractivity (Wildman–Crippen MR) is 108 cm³/mol. The van der Waals surface area contributed by atoms with Crippen LogP contribution in [0.5, 0.6) is 0 Å². The molecule has 0 unspecified atom stereocenters. The molecule has 2 heterocycles. The minimum atomic E-state index is -0.366. The van der Waals surface area contributed by atoms with Crippen molar-refractivity contribution in [1.29, 1.82) is 0 Å². The third-order valence-electron chi connectivity index (χ3n) is 5.26. The lowest BCUT2D eigenvalue weighted by Crippen LogP contribution is -2.24. The smallest absolute Gasteiger partial charge is 0.261 e. The molecule has 4 nitrogen and oxygen atoms in total. The maximum Gasteiger partial charge on any atom is 0.261 e. The molecule has 5 heteroatoms. The molecule has 4 rings (SSSR count). The summed E-state index contributed by atoms with van der Waals surface area (Å²) in [6, 6.07) is 9.83. The second-order valence-corrected chi connectivity index (χ2v) is 7.91. The summed E-state index contributed by atoms with van der Waals surface area (Å²) in [6.45, 7) is 6.06. The number of nitrogens with one attached hydrogen (secondary N) is 1. The van der Waals surface area contributed by atoms with Crippen LogP contribution in [-0.2, 0) is 6.42 Å². The molecule has 0 spiro atoms. The largest absolute Gasteiger partial charge is 0.343 e. The Morgan fingerprint density at radius 1 is 1.27 bits per heavy atom. The van der Waals surface area contributed by atoms with Crippen LogP contribution in [0.4, 0.5) is 5.69 Å². The fourth-order valence-corrected chi connectivity index (χ4v) is 4.20. The number of hydrogen-bond donors (Lipinski definition) is 1. The van der Waals surface area contributed by atoms with Crippen LogP contribution < -0.4 is 10.7 Å². The number of aromatic nitrogens is 1. The van der Waals surface area contributed by atoms with E-state index < -0.39 is 0 Å². The first kappa shape index (κ1) is 17.0. The molecular weight excluding hydrogens is 392 g/mol. The maximum absolute atomic E-state index is 13.0. The molecule has 0 saturated carbocycles. The molecule has 0 fully saturated rings. The molecule has 2 aromatic carbocycles. The van der Waals surface area contributed by atoms with Gasteiger partial charge in [-0.05, 0) is 62.1 Å². The molecular formula is C21H19BrN2O2. The van der Waals surface area contributed by atoms with Crippen molar-refractivity contribution in [1.82, 2.24) is 4.57 Å². The second kappa shape index (κ2) is 6.09. The van der Waals surface area contributed by atoms with Crippen molar-refractivity contribution in [3.05, 3.63) is 73.5 Å². The summed E-state index contributed by atoms with van der Waals surface area (Å²) in [7, 11) is 0. The molecule has 26 heavy (non-hydrogen) atoms. The zero-order chi connectivity index (χ0) is 18.6. The Morgan fingerprint density at radius 2 is 2.04 bits per heavy atom. The predicted octanol–water partition coefficient (Wildman–Crippen LogP) is 4.75. The zero-order valence-electron chi connectivity index (χ0n) is 14.9. The average Bonchev–Trinajstić information content (AvgIpc) is 2.90. The lowest BCUT2D eigenvalue weighted by atomic mass is 10.1. The molecule has 1 amide bonds. The summed E-state index contributed by atoms with van der Waals surface area (Å²) in [5, 5.41) is 3.50. The van der Waals surface area contributed by atoms with Gasteiger partial charge >= 0.3 is 0 Å². The van der Waals surface area contributed by atoms with Crippen molar-refractivity contribution >= 4 is 38.4 Å². The van der Waals surface area contributed by atoms with Gasteiger partial charge in [-0.1, -0.05) is 28.1 Å². The molecule has 0 saturated heterocycles. The number of aryl methyl sites for hydroxylation is 1. The third-order valence-corrected chi connectivity index (χ3v) is 5.71. The number of carbonyl (C=O) groups is 1. The van der Waals surface area contributed by atoms with Gasteiger partial charge in [-0.15, -0.1) is 0 Å². The van der Waals surface area contributed by atoms with Crippen LogP contribution in [-0.4, -0.2) is 10.5 Å². The van der Waals surface area contributed by atoms with E-state index in [2.05, 4.69) is 38.8 Å². The Bertz CT molecular complexity index is 1130. The standard InChI is InChI=1S/C21H19BrN2O2/c1-11-5-4-6-18(13(11)3)23-21(26)17-10-24-12(2)7-14-8-15(22)9-16(19(14)24)20(17)25/h4-6,8-10,12H,7H2,1-3H3,(H,23,26)/t12-/m1/s1. The first-order valence-corrected chi connectivity index (χ1v) is 9.41. The molecule has 0 aliphatic carbocycles. The fraction of sp³-hybridized carbons (Fsp3) is 0.238. The van der Waals surface area contributed by atoms with Crippen LogP contribution in [0.25, 0.3) is 10.9 Å². The van der Waals surface area contributed by atoms with Gasteiger partial charge in [0.1, 0.15) is 5.56 Å². The highest BCUT2D eigenvalue weighted by Gasteiger charge is 2.25. The number of nitrogens with zero attached hydrogens (tertiary/aromatic N) is 1. The first-order valence-electron chi connectivity index (χ1n) is 8.61. The Kier molecular flexibility index (Phi) is 3.99. The lowest BCUT2D eigenvalue weighted by Gasteiger charge is -2.14. The number of pyridine rings is 1. The van der Waals surface area contributed by atoms with Crippen LogP contribution in [0, 0.1) is 13.8 Å². The molecule has 0 radical (unpaired) electrons. The highest BCUT2D eigenvalue weighted by atomic mass is 79.9. The SMILES string of the molecule is Cc1cccc(NC(=O)c2cn3c4c(cc(Br)cc4c2=O)C[C@H]3C)c1C. The Morgan fingerprint density at radius 3 is 2.81 bits per heavy atom. The fourth-order valence-electron chi connectivity index (χ4n) is 3.70. The molecule has 1 atom stereocenters. The van der Waals surface area contributed by atoms with E-state index in [-0.39, 0.29) is 22.9 Å². The van der Waals surface area contributed by atoms with E-state index in [9.17, 15) is 9.59 Å². The van der Waals surface area contributed by atoms with E-state index in [1.54, 1.807) is 6.20 Å². The van der Waals surface area contributed by atoms with Crippen LogP contribution in [0.2, 0.25) is 0 Å². The summed E-state index contributed by atoms with van der Waals surface area (Å²) in [4.78, 5) is 25.9. The summed E-state index contributed by atoms with van der Waals surface area (Å²) >= 11 is 3.49. The molecule has 1 aliphatic rings. The number of amides is 1. The van der Waals surface area contributed by atoms with E-state index in [1.165, 1.54) is 0 Å². The molecule has 1 N–H and O–H groups in total. The number of anilines is 1. The topological polar surface area (TPSA) is 51.1 Å². The van der Waals surface area contributed by atoms with Gasteiger partial charge in [0.15, 0.2) is 0 Å². The highest BCUT2D eigenvalue weighted by molar-refractivity contribution is 9.10. The van der Waals surface area contributed by atoms with Crippen molar-refractivity contribution < 1.29 is 4.79 Å². The Labute approximate surface area is 160 Å². The van der Waals surface area contributed by atoms with Gasteiger partial charge in [-0.3, -0.25) is 9.59 Å². The van der Waals surface area contributed by atoms with E-state index in [0.29, 0.717) is 5.39 Å². The van der Waals surface area contributed by atoms with Crippen molar-refractivity contribution in [2.24, 2.45) is 0 Å². The lowest BCUT2D eigenvalue weighted by molar-refractivity contribution is 0.102. The molecule has 1 aromatic heterocycles. The summed E-state index contributed by atoms with van der Waals surface area (Å²) in [5.41, 5.74) is 4.86. The van der Waals surface area contributed by atoms with Gasteiger partial charge in [0.05, 0.1) is 5.52 Å². The quantitative estimate of drug-likeness (QED) is 0.662. The monoisotopic (exact) mass is 410 g/mol. The normalized spacial score (nSPS) is 15.5. The van der Waals surface area contributed by atoms with Gasteiger partial charge < -0.3 is 9.88 Å². The number of hydrogen-bond acceptors (Lipinski definition) is 2. The van der Waals surface area contributed by atoms with Gasteiger partial charge in [-0.25, -0.2) is 0 Å². The highest BCUT2D eigenvalue weighted by Crippen LogP contribution is 2.33. The number of carbonyl (C=O) groups excluding carboxylic acids is 1. The van der Waals surface area contributed by atoms with E-state index in [4.69, 9.17) is 0 Å². The number of benzene rings is 2. The van der Waals surface area contributed by atoms with Gasteiger partial charge in [0, 0.05) is 27.8 Å². The van der Waals surface area contributed by atoms with Crippen LogP contribution in [0.3, 0.4) is 0 Å².